The number of nitrogens with zero attached hydrogens (tertiary/aromatic N) is 4. The van der Waals surface area contributed by atoms with Crippen molar-refractivity contribution < 1.29 is 18.6 Å². The predicted molar refractivity (Wildman–Crippen MR) is 191 cm³/mol. The molecule has 5 rings (SSSR count). The molecule has 0 N–H and O–H groups in total. The molecular formula is C36H54B2N4O4. The third-order valence-electron chi connectivity index (χ3n) is 10.5. The lowest BCUT2D eigenvalue weighted by Crippen LogP contribution is -2.46. The van der Waals surface area contributed by atoms with Gasteiger partial charge in [0.1, 0.15) is 0 Å². The molecule has 10 heteroatoms. The van der Waals surface area contributed by atoms with Crippen LogP contribution in [-0.2, 0) is 18.6 Å². The summed E-state index contributed by atoms with van der Waals surface area (Å²) in [6.45, 7) is 24.9. The van der Waals surface area contributed by atoms with E-state index >= 15 is 0 Å². The topological polar surface area (TPSA) is 68.1 Å². The first kappa shape index (κ1) is 35.0. The monoisotopic (exact) mass is 628 g/mol. The Bertz CT molecular complexity index is 1240. The van der Waals surface area contributed by atoms with Crippen molar-refractivity contribution in [2.45, 2.75) is 90.6 Å². The van der Waals surface area contributed by atoms with E-state index in [1.165, 1.54) is 0 Å². The molecule has 0 aliphatic carbocycles. The minimum Gasteiger partial charge on any atom is -0.399 e. The van der Waals surface area contributed by atoms with Gasteiger partial charge in [-0.2, -0.15) is 0 Å². The minimum absolute atomic E-state index is 0.358. The molecule has 2 aromatic carbocycles. The van der Waals surface area contributed by atoms with E-state index < -0.39 is 0 Å². The second-order valence-electron chi connectivity index (χ2n) is 14.9. The summed E-state index contributed by atoms with van der Waals surface area (Å²) in [4.78, 5) is 14.7. The van der Waals surface area contributed by atoms with Crippen LogP contribution in [0.25, 0.3) is 0 Å². The van der Waals surface area contributed by atoms with Gasteiger partial charge in [-0.05, 0) is 103 Å². The highest BCUT2D eigenvalue weighted by Gasteiger charge is 2.53. The van der Waals surface area contributed by atoms with Gasteiger partial charge in [0.25, 0.3) is 0 Å². The number of benzene rings is 2. The van der Waals surface area contributed by atoms with Crippen LogP contribution in [-0.4, -0.2) is 111 Å². The molecule has 0 amide bonds. The van der Waals surface area contributed by atoms with Crippen LogP contribution in [0.15, 0.2) is 58.5 Å². The Morgan fingerprint density at radius 3 is 1.24 bits per heavy atom. The second kappa shape index (κ2) is 14.4. The molecule has 0 spiro atoms. The average Bonchev–Trinajstić information content (AvgIpc) is 3.37. The summed E-state index contributed by atoms with van der Waals surface area (Å²) >= 11 is 0. The van der Waals surface area contributed by atoms with Crippen molar-refractivity contribution in [3.05, 3.63) is 59.7 Å². The summed E-state index contributed by atoms with van der Waals surface area (Å²) in [5.74, 6) is 0. The zero-order valence-electron chi connectivity index (χ0n) is 29.4. The van der Waals surface area contributed by atoms with Crippen LogP contribution in [0.1, 0.15) is 79.4 Å². The largest absolute Gasteiger partial charge is 0.495 e. The van der Waals surface area contributed by atoms with Gasteiger partial charge >= 0.3 is 14.2 Å². The van der Waals surface area contributed by atoms with Crippen LogP contribution in [0.4, 0.5) is 0 Å². The Morgan fingerprint density at radius 2 is 0.891 bits per heavy atom. The highest BCUT2D eigenvalue weighted by molar-refractivity contribution is 6.64. The Balaban J connectivity index is 0.988. The van der Waals surface area contributed by atoms with Crippen molar-refractivity contribution in [1.29, 1.82) is 0 Å². The highest BCUT2D eigenvalue weighted by atomic mass is 16.7. The maximum atomic E-state index is 6.28. The van der Waals surface area contributed by atoms with Crippen molar-refractivity contribution in [1.82, 2.24) is 9.80 Å². The predicted octanol–water partition coefficient (Wildman–Crippen LogP) is 4.22. The molecule has 8 nitrogen and oxygen atoms in total. The fraction of sp³-hybridized carbons (Fsp3) is 0.611. The molecule has 3 fully saturated rings. The summed E-state index contributed by atoms with van der Waals surface area (Å²) in [7, 11) is -0.750. The molecule has 0 unspecified atom stereocenters. The van der Waals surface area contributed by atoms with Crippen LogP contribution in [0.5, 0.6) is 0 Å². The highest BCUT2D eigenvalue weighted by Crippen LogP contribution is 2.37. The smallest absolute Gasteiger partial charge is 0.399 e. The summed E-state index contributed by atoms with van der Waals surface area (Å²) in [6, 6.07) is 16.5. The molecule has 248 valence electrons. The summed E-state index contributed by atoms with van der Waals surface area (Å²) in [6.07, 6.45) is 6.07. The van der Waals surface area contributed by atoms with E-state index in [0.717, 1.165) is 87.3 Å². The first-order valence-electron chi connectivity index (χ1n) is 17.1. The molecule has 0 radical (unpaired) electrons. The molecule has 2 aromatic rings. The van der Waals surface area contributed by atoms with Crippen molar-refractivity contribution in [2.24, 2.45) is 9.98 Å². The van der Waals surface area contributed by atoms with E-state index in [0.29, 0.717) is 0 Å². The van der Waals surface area contributed by atoms with Crippen molar-refractivity contribution in [2.75, 3.05) is 52.4 Å². The summed E-state index contributed by atoms with van der Waals surface area (Å²) < 4.78 is 25.1. The standard InChI is InChI=1S/C36H54B2N4O4/c1-33(2)34(3,4)44-37(43-33)31-17-11-9-15-29(31)27-39-19-13-21-41-23-25-42(26-24-41)22-14-20-40-28-30-16-10-12-18-32(30)38-45-35(5,6)36(7,8)46-38/h9-12,15-18,27-28H,13-14,19-26H2,1-8H3. The second-order valence-corrected chi connectivity index (χ2v) is 14.9. The third kappa shape index (κ3) is 8.20. The SMILES string of the molecule is CC1(C)OB(c2ccccc2C=NCCCN2CCN(CCCN=Cc3ccccc3B3OC(C)(C)C(C)(C)O3)CC2)OC1(C)C. The quantitative estimate of drug-likeness (QED) is 0.199. The van der Waals surface area contributed by atoms with E-state index in [1.54, 1.807) is 0 Å². The van der Waals surface area contributed by atoms with Crippen molar-refractivity contribution >= 4 is 37.6 Å². The zero-order chi connectivity index (χ0) is 33.0. The Morgan fingerprint density at radius 1 is 0.565 bits per heavy atom. The van der Waals surface area contributed by atoms with Crippen LogP contribution in [0.2, 0.25) is 0 Å². The first-order chi connectivity index (χ1) is 21.8. The van der Waals surface area contributed by atoms with Gasteiger partial charge in [-0.25, -0.2) is 0 Å². The molecule has 0 saturated carbocycles. The van der Waals surface area contributed by atoms with Gasteiger partial charge in [-0.15, -0.1) is 0 Å². The fourth-order valence-corrected chi connectivity index (χ4v) is 5.96. The molecule has 3 aliphatic heterocycles. The molecular weight excluding hydrogens is 574 g/mol. The fourth-order valence-electron chi connectivity index (χ4n) is 5.96. The Labute approximate surface area is 278 Å². The van der Waals surface area contributed by atoms with Crippen molar-refractivity contribution in [3.63, 3.8) is 0 Å². The Kier molecular flexibility index (Phi) is 11.0. The number of rotatable bonds is 12. The van der Waals surface area contributed by atoms with E-state index in [-0.39, 0.29) is 36.6 Å². The van der Waals surface area contributed by atoms with E-state index in [4.69, 9.17) is 28.6 Å². The lowest BCUT2D eigenvalue weighted by atomic mass is 9.76. The van der Waals surface area contributed by atoms with Gasteiger partial charge in [0, 0.05) is 51.7 Å². The maximum absolute atomic E-state index is 6.28. The van der Waals surface area contributed by atoms with Crippen LogP contribution < -0.4 is 10.9 Å². The summed E-state index contributed by atoms with van der Waals surface area (Å²) in [5.41, 5.74) is 2.77. The molecule has 3 heterocycles. The zero-order valence-corrected chi connectivity index (χ0v) is 29.4. The van der Waals surface area contributed by atoms with Gasteiger partial charge in [0.2, 0.25) is 0 Å². The lowest BCUT2D eigenvalue weighted by molar-refractivity contribution is 0.00578. The van der Waals surface area contributed by atoms with Crippen LogP contribution in [0.3, 0.4) is 0 Å². The molecule has 3 aliphatic rings. The lowest BCUT2D eigenvalue weighted by Gasteiger charge is -2.34. The van der Waals surface area contributed by atoms with E-state index in [1.807, 2.05) is 36.7 Å². The van der Waals surface area contributed by atoms with Crippen molar-refractivity contribution in [3.8, 4) is 0 Å². The first-order valence-corrected chi connectivity index (χ1v) is 17.1. The Hall–Kier alpha value is -2.33. The van der Waals surface area contributed by atoms with Gasteiger partial charge in [0.05, 0.1) is 22.4 Å². The van der Waals surface area contributed by atoms with Crippen LogP contribution >= 0.6 is 0 Å². The number of hydrogen-bond donors (Lipinski definition) is 0. The molecule has 0 atom stereocenters. The molecule has 0 bridgehead atoms. The summed E-state index contributed by atoms with van der Waals surface area (Å²) in [5, 5.41) is 0. The number of hydrogen-bond acceptors (Lipinski definition) is 8. The maximum Gasteiger partial charge on any atom is 0.495 e. The minimum atomic E-state index is -0.375. The van der Waals surface area contributed by atoms with Gasteiger partial charge < -0.3 is 28.4 Å². The van der Waals surface area contributed by atoms with Gasteiger partial charge in [-0.1, -0.05) is 48.5 Å². The van der Waals surface area contributed by atoms with E-state index in [9.17, 15) is 0 Å². The van der Waals surface area contributed by atoms with Gasteiger partial charge in [0.15, 0.2) is 0 Å². The van der Waals surface area contributed by atoms with Crippen LogP contribution in [0, 0.1) is 0 Å². The van der Waals surface area contributed by atoms with E-state index in [2.05, 4.69) is 89.5 Å². The van der Waals surface area contributed by atoms with Gasteiger partial charge in [-0.3, -0.25) is 9.98 Å². The normalized spacial score (nSPS) is 22.9. The molecule has 0 aromatic heterocycles. The molecule has 46 heavy (non-hydrogen) atoms. The third-order valence-corrected chi connectivity index (χ3v) is 10.5. The average molecular weight is 628 g/mol. The number of piperazine rings is 1. The molecule has 3 saturated heterocycles. The number of aliphatic imine (C=N–C) groups is 2.